The maximum absolute atomic E-state index is 9.42. The minimum absolute atomic E-state index is 0. The number of aliphatic imine (C=N–C) groups is 1. The second-order valence-electron chi connectivity index (χ2n) is 4.65. The average molecular weight is 387 g/mol. The van der Waals surface area contributed by atoms with Crippen molar-refractivity contribution >= 4 is 29.9 Å². The molecule has 0 spiro atoms. The van der Waals surface area contributed by atoms with Gasteiger partial charge in [0.15, 0.2) is 5.96 Å². The summed E-state index contributed by atoms with van der Waals surface area (Å²) in [5.74, 6) is 1.12. The van der Waals surface area contributed by atoms with Crippen LogP contribution in [0.25, 0.3) is 0 Å². The molecule has 1 aliphatic rings. The number of nitrogens with one attached hydrogen (secondary N) is 2. The van der Waals surface area contributed by atoms with Crippen molar-refractivity contribution in [3.8, 4) is 5.75 Å². The van der Waals surface area contributed by atoms with Gasteiger partial charge >= 0.3 is 0 Å². The minimum atomic E-state index is 0. The molecular weight excluding hydrogens is 365 g/mol. The Morgan fingerprint density at radius 3 is 2.75 bits per heavy atom. The van der Waals surface area contributed by atoms with Gasteiger partial charge in [-0.15, -0.1) is 24.0 Å². The maximum atomic E-state index is 9.42. The van der Waals surface area contributed by atoms with Gasteiger partial charge in [0.05, 0.1) is 6.54 Å². The van der Waals surface area contributed by atoms with Crippen LogP contribution in [0.3, 0.4) is 0 Å². The molecule has 0 bridgehead atoms. The highest BCUT2D eigenvalue weighted by molar-refractivity contribution is 14.0. The second kappa shape index (κ2) is 8.84. The van der Waals surface area contributed by atoms with E-state index in [0.29, 0.717) is 12.6 Å². The highest BCUT2D eigenvalue weighted by Crippen LogP contribution is 2.12. The van der Waals surface area contributed by atoms with Crippen LogP contribution in [0.2, 0.25) is 0 Å². The Kier molecular flexibility index (Phi) is 7.43. The van der Waals surface area contributed by atoms with E-state index in [0.717, 1.165) is 30.9 Å². The van der Waals surface area contributed by atoms with E-state index in [9.17, 15) is 5.11 Å². The third-order valence-electron chi connectivity index (χ3n) is 3.02. The molecule has 1 aromatic rings. The lowest BCUT2D eigenvalue weighted by atomic mass is 10.2. The van der Waals surface area contributed by atoms with Crippen LogP contribution in [0.1, 0.15) is 25.3 Å². The summed E-state index contributed by atoms with van der Waals surface area (Å²) >= 11 is 0. The van der Waals surface area contributed by atoms with E-state index >= 15 is 0 Å². The number of phenols is 1. The predicted molar refractivity (Wildman–Crippen MR) is 93.6 cm³/mol. The third-order valence-corrected chi connectivity index (χ3v) is 3.02. The van der Waals surface area contributed by atoms with Crippen LogP contribution in [0.5, 0.6) is 5.75 Å². The molecule has 5 heteroatoms. The first-order valence-electron chi connectivity index (χ1n) is 6.75. The van der Waals surface area contributed by atoms with E-state index in [1.165, 1.54) is 0 Å². The highest BCUT2D eigenvalue weighted by atomic mass is 127. The first-order valence-corrected chi connectivity index (χ1v) is 6.75. The molecule has 3 N–H and O–H groups in total. The molecule has 0 unspecified atom stereocenters. The molecule has 0 saturated carbocycles. The summed E-state index contributed by atoms with van der Waals surface area (Å²) in [6.07, 6.45) is 6.49. The van der Waals surface area contributed by atoms with Gasteiger partial charge in [0.1, 0.15) is 5.75 Å². The van der Waals surface area contributed by atoms with Crippen molar-refractivity contribution in [2.75, 3.05) is 6.54 Å². The van der Waals surface area contributed by atoms with Gasteiger partial charge in [0.2, 0.25) is 0 Å². The summed E-state index contributed by atoms with van der Waals surface area (Å²) in [7, 11) is 0. The Hall–Kier alpha value is -1.24. The average Bonchev–Trinajstić information content (AvgIpc) is 2.89. The molecule has 0 saturated heterocycles. The first-order chi connectivity index (χ1) is 9.28. The van der Waals surface area contributed by atoms with E-state index in [1.54, 1.807) is 12.1 Å². The van der Waals surface area contributed by atoms with Crippen molar-refractivity contribution in [3.05, 3.63) is 42.0 Å². The molecular formula is C15H22IN3O. The van der Waals surface area contributed by atoms with Crippen molar-refractivity contribution in [2.45, 2.75) is 32.4 Å². The summed E-state index contributed by atoms with van der Waals surface area (Å²) in [4.78, 5) is 4.54. The smallest absolute Gasteiger partial charge is 0.191 e. The monoisotopic (exact) mass is 387 g/mol. The van der Waals surface area contributed by atoms with E-state index in [4.69, 9.17) is 0 Å². The van der Waals surface area contributed by atoms with Crippen molar-refractivity contribution in [2.24, 2.45) is 4.99 Å². The molecule has 0 atom stereocenters. The quantitative estimate of drug-likeness (QED) is 0.322. The Balaban J connectivity index is 0.00000200. The van der Waals surface area contributed by atoms with Gasteiger partial charge in [-0.2, -0.15) is 0 Å². The minimum Gasteiger partial charge on any atom is -0.508 e. The van der Waals surface area contributed by atoms with Crippen LogP contribution in [-0.2, 0) is 6.54 Å². The fraction of sp³-hybridized carbons (Fsp3) is 0.400. The number of benzene rings is 1. The molecule has 0 aliphatic heterocycles. The van der Waals surface area contributed by atoms with Crippen LogP contribution < -0.4 is 10.6 Å². The summed E-state index contributed by atoms with van der Waals surface area (Å²) in [6.45, 7) is 3.45. The maximum Gasteiger partial charge on any atom is 0.191 e. The van der Waals surface area contributed by atoms with Gasteiger partial charge in [-0.25, -0.2) is 4.99 Å². The molecule has 110 valence electrons. The number of halogens is 1. The van der Waals surface area contributed by atoms with Crippen molar-refractivity contribution < 1.29 is 5.11 Å². The van der Waals surface area contributed by atoms with Gasteiger partial charge in [0, 0.05) is 12.6 Å². The number of rotatable bonds is 4. The molecule has 0 fully saturated rings. The number of hydrogen-bond acceptors (Lipinski definition) is 2. The lowest BCUT2D eigenvalue weighted by Gasteiger charge is -2.16. The van der Waals surface area contributed by atoms with Gasteiger partial charge in [0.25, 0.3) is 0 Å². The Morgan fingerprint density at radius 1 is 1.35 bits per heavy atom. The van der Waals surface area contributed by atoms with Crippen LogP contribution in [0, 0.1) is 0 Å². The molecule has 4 nitrogen and oxygen atoms in total. The van der Waals surface area contributed by atoms with E-state index < -0.39 is 0 Å². The summed E-state index contributed by atoms with van der Waals surface area (Å²) in [6, 6.07) is 7.65. The van der Waals surface area contributed by atoms with Gasteiger partial charge in [-0.1, -0.05) is 24.3 Å². The Morgan fingerprint density at radius 2 is 2.10 bits per heavy atom. The van der Waals surface area contributed by atoms with E-state index in [-0.39, 0.29) is 29.7 Å². The van der Waals surface area contributed by atoms with Gasteiger partial charge in [-0.3, -0.25) is 0 Å². The van der Waals surface area contributed by atoms with Crippen molar-refractivity contribution in [1.29, 1.82) is 0 Å². The second-order valence-corrected chi connectivity index (χ2v) is 4.65. The number of aromatic hydroxyl groups is 1. The van der Waals surface area contributed by atoms with Gasteiger partial charge in [-0.05, 0) is 37.5 Å². The summed E-state index contributed by atoms with van der Waals surface area (Å²) in [5, 5.41) is 16.1. The lowest BCUT2D eigenvalue weighted by molar-refractivity contribution is 0.474. The molecule has 2 rings (SSSR count). The number of guanidine groups is 1. The molecule has 1 aliphatic carbocycles. The van der Waals surface area contributed by atoms with Crippen LogP contribution in [0.15, 0.2) is 41.4 Å². The molecule has 0 heterocycles. The van der Waals surface area contributed by atoms with E-state index in [1.807, 2.05) is 12.1 Å². The van der Waals surface area contributed by atoms with Gasteiger partial charge < -0.3 is 15.7 Å². The number of nitrogens with zero attached hydrogens (tertiary/aromatic N) is 1. The lowest BCUT2D eigenvalue weighted by Crippen LogP contribution is -2.42. The number of phenolic OH excluding ortho intramolecular Hbond substituents is 1. The van der Waals surface area contributed by atoms with Crippen LogP contribution in [-0.4, -0.2) is 23.7 Å². The fourth-order valence-electron chi connectivity index (χ4n) is 2.07. The van der Waals surface area contributed by atoms with Crippen LogP contribution >= 0.6 is 24.0 Å². The fourth-order valence-corrected chi connectivity index (χ4v) is 2.07. The standard InChI is InChI=1S/C15H21N3O.HI/c1-2-16-15(18-13-7-3-4-8-13)17-11-12-6-5-9-14(19)10-12;/h3-6,9-10,13,19H,2,7-8,11H2,1H3,(H2,16,17,18);1H. The highest BCUT2D eigenvalue weighted by Gasteiger charge is 2.11. The molecule has 0 radical (unpaired) electrons. The summed E-state index contributed by atoms with van der Waals surface area (Å²) in [5.41, 5.74) is 1.00. The first kappa shape index (κ1) is 16.8. The molecule has 0 amide bonds. The van der Waals surface area contributed by atoms with Crippen molar-refractivity contribution in [3.63, 3.8) is 0 Å². The van der Waals surface area contributed by atoms with Crippen molar-refractivity contribution in [1.82, 2.24) is 10.6 Å². The molecule has 1 aromatic carbocycles. The summed E-state index contributed by atoms with van der Waals surface area (Å²) < 4.78 is 0. The SMILES string of the molecule is CCNC(=NCc1cccc(O)c1)NC1CC=CC1.I. The zero-order valence-electron chi connectivity index (χ0n) is 11.7. The third kappa shape index (κ3) is 5.40. The number of hydrogen-bond donors (Lipinski definition) is 3. The Labute approximate surface area is 137 Å². The zero-order valence-corrected chi connectivity index (χ0v) is 14.0. The molecule has 20 heavy (non-hydrogen) atoms. The normalized spacial score (nSPS) is 14.9. The predicted octanol–water partition coefficient (Wildman–Crippen LogP) is 2.78. The Bertz CT molecular complexity index is 466. The van der Waals surface area contributed by atoms with Crippen LogP contribution in [0.4, 0.5) is 0 Å². The molecule has 0 aromatic heterocycles. The topological polar surface area (TPSA) is 56.7 Å². The zero-order chi connectivity index (χ0) is 13.5. The largest absolute Gasteiger partial charge is 0.508 e. The van der Waals surface area contributed by atoms with E-state index in [2.05, 4.69) is 34.7 Å².